The van der Waals surface area contributed by atoms with E-state index < -0.39 is 17.7 Å². The Balaban J connectivity index is 2.26. The molecule has 0 N–H and O–H groups in total. The van der Waals surface area contributed by atoms with E-state index in [0.717, 1.165) is 16.7 Å². The molecule has 0 bridgehead atoms. The number of rotatable bonds is 8. The van der Waals surface area contributed by atoms with Crippen molar-refractivity contribution in [1.82, 2.24) is 0 Å². The largest absolute Gasteiger partial charge is 0.467 e. The zero-order valence-corrected chi connectivity index (χ0v) is 16.1. The molecule has 0 aromatic heterocycles. The van der Waals surface area contributed by atoms with Crippen LogP contribution in [0.1, 0.15) is 16.7 Å². The van der Waals surface area contributed by atoms with E-state index in [1.54, 1.807) is 0 Å². The van der Waals surface area contributed by atoms with Gasteiger partial charge in [0.2, 0.25) is 0 Å². The van der Waals surface area contributed by atoms with Gasteiger partial charge in [-0.25, -0.2) is 4.79 Å². The summed E-state index contributed by atoms with van der Waals surface area (Å²) in [5.74, 6) is -0.478. The van der Waals surface area contributed by atoms with Crippen LogP contribution in [-0.2, 0) is 24.6 Å². The monoisotopic (exact) mass is 376 g/mol. The maximum Gasteiger partial charge on any atom is 0.337 e. The number of methoxy groups -OCH3 is 2. The minimum Gasteiger partial charge on any atom is -0.467 e. The van der Waals surface area contributed by atoms with Crippen molar-refractivity contribution in [2.75, 3.05) is 20.8 Å². The predicted octanol–water partition coefficient (Wildman–Crippen LogP) is 4.18. The zero-order valence-electron chi connectivity index (χ0n) is 16.1. The first kappa shape index (κ1) is 19.8. The van der Waals surface area contributed by atoms with Gasteiger partial charge in [-0.15, -0.1) is 0 Å². The van der Waals surface area contributed by atoms with Crippen LogP contribution in [0.5, 0.6) is 0 Å². The van der Waals surface area contributed by atoms with E-state index in [1.807, 2.05) is 91.0 Å². The quantitative estimate of drug-likeness (QED) is 0.437. The molecule has 0 radical (unpaired) electrons. The highest BCUT2D eigenvalue weighted by atomic mass is 16.6. The van der Waals surface area contributed by atoms with Crippen molar-refractivity contribution >= 4 is 5.97 Å². The van der Waals surface area contributed by atoms with Gasteiger partial charge >= 0.3 is 5.97 Å². The second-order valence-corrected chi connectivity index (χ2v) is 6.36. The fraction of sp³-hybridized carbons (Fsp3) is 0.208. The molecule has 0 saturated heterocycles. The van der Waals surface area contributed by atoms with E-state index in [1.165, 1.54) is 14.2 Å². The van der Waals surface area contributed by atoms with E-state index in [4.69, 9.17) is 14.2 Å². The van der Waals surface area contributed by atoms with Gasteiger partial charge < -0.3 is 14.2 Å². The van der Waals surface area contributed by atoms with E-state index in [-0.39, 0.29) is 6.61 Å². The average molecular weight is 376 g/mol. The minimum atomic E-state index is -0.999. The number of esters is 1. The predicted molar refractivity (Wildman–Crippen MR) is 108 cm³/mol. The Kier molecular flexibility index (Phi) is 6.58. The van der Waals surface area contributed by atoms with Gasteiger partial charge in [0.25, 0.3) is 0 Å². The number of carbonyl (C=O) groups is 1. The second kappa shape index (κ2) is 9.31. The molecule has 0 aliphatic rings. The van der Waals surface area contributed by atoms with Gasteiger partial charge in [0.05, 0.1) is 13.7 Å². The summed E-state index contributed by atoms with van der Waals surface area (Å²) in [4.78, 5) is 12.4. The molecule has 0 amide bonds. The molecule has 3 aromatic rings. The topological polar surface area (TPSA) is 44.8 Å². The molecule has 28 heavy (non-hydrogen) atoms. The van der Waals surface area contributed by atoms with E-state index in [9.17, 15) is 4.79 Å². The zero-order chi connectivity index (χ0) is 19.8. The van der Waals surface area contributed by atoms with Crippen molar-refractivity contribution < 1.29 is 19.0 Å². The molecule has 4 nitrogen and oxygen atoms in total. The number of hydrogen-bond acceptors (Lipinski definition) is 4. The molecule has 3 aromatic carbocycles. The lowest BCUT2D eigenvalue weighted by molar-refractivity contribution is -0.166. The lowest BCUT2D eigenvalue weighted by Gasteiger charge is -2.38. The molecule has 0 spiro atoms. The van der Waals surface area contributed by atoms with Gasteiger partial charge in [-0.2, -0.15) is 0 Å². The van der Waals surface area contributed by atoms with Crippen molar-refractivity contribution in [1.29, 1.82) is 0 Å². The molecule has 4 heteroatoms. The number of benzene rings is 3. The maximum atomic E-state index is 12.4. The Bertz CT molecular complexity index is 766. The number of carbonyl (C=O) groups excluding carboxylic acids is 1. The molecule has 0 unspecified atom stereocenters. The molecular weight excluding hydrogens is 352 g/mol. The summed E-state index contributed by atoms with van der Waals surface area (Å²) in [6.45, 7) is 0.0843. The molecule has 0 aliphatic carbocycles. The molecular formula is C24H24O4. The molecule has 1 atom stereocenters. The molecule has 144 valence electrons. The first-order valence-electron chi connectivity index (χ1n) is 9.13. The number of hydrogen-bond donors (Lipinski definition) is 0. The van der Waals surface area contributed by atoms with Gasteiger partial charge in [-0.3, -0.25) is 0 Å². The fourth-order valence-electron chi connectivity index (χ4n) is 3.37. The summed E-state index contributed by atoms with van der Waals surface area (Å²) in [6.07, 6.45) is -0.893. The van der Waals surface area contributed by atoms with Gasteiger partial charge in [0.1, 0.15) is 5.60 Å². The molecule has 0 fully saturated rings. The summed E-state index contributed by atoms with van der Waals surface area (Å²) < 4.78 is 16.8. The third kappa shape index (κ3) is 3.98. The highest BCUT2D eigenvalue weighted by molar-refractivity contribution is 5.75. The third-order valence-electron chi connectivity index (χ3n) is 4.64. The smallest absolute Gasteiger partial charge is 0.337 e. The maximum absolute atomic E-state index is 12.4. The minimum absolute atomic E-state index is 0.0843. The van der Waals surface area contributed by atoms with Crippen LogP contribution in [0.15, 0.2) is 91.0 Å². The van der Waals surface area contributed by atoms with Crippen LogP contribution < -0.4 is 0 Å². The summed E-state index contributed by atoms with van der Waals surface area (Å²) in [7, 11) is 2.89. The molecule has 0 aliphatic heterocycles. The normalized spacial score (nSPS) is 12.4. The van der Waals surface area contributed by atoms with Crippen LogP contribution in [0, 0.1) is 0 Å². The summed E-state index contributed by atoms with van der Waals surface area (Å²) >= 11 is 0. The van der Waals surface area contributed by atoms with Gasteiger partial charge in [0.15, 0.2) is 6.10 Å². The SMILES string of the molecule is COC[C@H](OC(c1ccccc1)(c1ccccc1)c1ccccc1)C(=O)OC. The van der Waals surface area contributed by atoms with Crippen LogP contribution in [0.3, 0.4) is 0 Å². The first-order chi connectivity index (χ1) is 13.7. The van der Waals surface area contributed by atoms with Crippen molar-refractivity contribution in [2.45, 2.75) is 11.7 Å². The van der Waals surface area contributed by atoms with Crippen LogP contribution in [-0.4, -0.2) is 32.9 Å². The van der Waals surface area contributed by atoms with Crippen LogP contribution in [0.4, 0.5) is 0 Å². The second-order valence-electron chi connectivity index (χ2n) is 6.36. The van der Waals surface area contributed by atoms with Crippen molar-refractivity contribution in [3.05, 3.63) is 108 Å². The molecule has 3 rings (SSSR count). The highest BCUT2D eigenvalue weighted by Crippen LogP contribution is 2.41. The van der Waals surface area contributed by atoms with Crippen molar-refractivity contribution in [2.24, 2.45) is 0 Å². The van der Waals surface area contributed by atoms with Crippen LogP contribution in [0.25, 0.3) is 0 Å². The summed E-state index contributed by atoms with van der Waals surface area (Å²) in [6, 6.07) is 29.6. The molecule has 0 heterocycles. The first-order valence-corrected chi connectivity index (χ1v) is 9.13. The van der Waals surface area contributed by atoms with Crippen molar-refractivity contribution in [3.8, 4) is 0 Å². The van der Waals surface area contributed by atoms with E-state index in [2.05, 4.69) is 0 Å². The van der Waals surface area contributed by atoms with Gasteiger partial charge in [-0.05, 0) is 16.7 Å². The Labute approximate surface area is 165 Å². The van der Waals surface area contributed by atoms with Gasteiger partial charge in [-0.1, -0.05) is 91.0 Å². The van der Waals surface area contributed by atoms with Gasteiger partial charge in [0, 0.05) is 7.11 Å². The Morgan fingerprint density at radius 2 is 1.14 bits per heavy atom. The van der Waals surface area contributed by atoms with Crippen LogP contribution in [0.2, 0.25) is 0 Å². The van der Waals surface area contributed by atoms with E-state index in [0.29, 0.717) is 0 Å². The Morgan fingerprint density at radius 1 is 0.750 bits per heavy atom. The average Bonchev–Trinajstić information content (AvgIpc) is 2.78. The fourth-order valence-corrected chi connectivity index (χ4v) is 3.37. The molecule has 0 saturated carbocycles. The Hall–Kier alpha value is -2.95. The lowest BCUT2D eigenvalue weighted by atomic mass is 9.80. The summed E-state index contributed by atoms with van der Waals surface area (Å²) in [5, 5.41) is 0. The highest BCUT2D eigenvalue weighted by Gasteiger charge is 2.41. The third-order valence-corrected chi connectivity index (χ3v) is 4.64. The van der Waals surface area contributed by atoms with Crippen LogP contribution >= 0.6 is 0 Å². The van der Waals surface area contributed by atoms with Crippen molar-refractivity contribution in [3.63, 3.8) is 0 Å². The standard InChI is InChI=1S/C24H24O4/c1-26-18-22(23(25)27-2)28-24(19-12-6-3-7-13-19,20-14-8-4-9-15-20)21-16-10-5-11-17-21/h3-17,22H,18H2,1-2H3/t22-/m0/s1. The lowest BCUT2D eigenvalue weighted by Crippen LogP contribution is -2.42. The van der Waals surface area contributed by atoms with E-state index >= 15 is 0 Å². The number of ether oxygens (including phenoxy) is 3. The summed E-state index contributed by atoms with van der Waals surface area (Å²) in [5.41, 5.74) is 1.74. The Morgan fingerprint density at radius 3 is 1.46 bits per heavy atom.